The number of carbonyl (C=O) groups excluding carboxylic acids is 1. The molecule has 0 aromatic heterocycles. The van der Waals surface area contributed by atoms with E-state index in [-0.39, 0.29) is 12.6 Å². The van der Waals surface area contributed by atoms with Gasteiger partial charge in [-0.05, 0) is 33.6 Å². The van der Waals surface area contributed by atoms with E-state index >= 15 is 0 Å². The van der Waals surface area contributed by atoms with Gasteiger partial charge in [-0.25, -0.2) is 4.79 Å². The topological polar surface area (TPSA) is 58.6 Å². The summed E-state index contributed by atoms with van der Waals surface area (Å²) < 4.78 is 5.20. The van der Waals surface area contributed by atoms with Gasteiger partial charge in [-0.1, -0.05) is 89.7 Å². The third-order valence-electron chi connectivity index (χ3n) is 4.49. The molecule has 1 atom stereocenters. The van der Waals surface area contributed by atoms with Crippen LogP contribution >= 0.6 is 0 Å². The third-order valence-corrected chi connectivity index (χ3v) is 4.49. The normalized spacial score (nSPS) is 13.1. The van der Waals surface area contributed by atoms with Gasteiger partial charge < -0.3 is 15.2 Å². The van der Waals surface area contributed by atoms with Gasteiger partial charge in [-0.15, -0.1) is 0 Å². The van der Waals surface area contributed by atoms with E-state index < -0.39 is 11.7 Å². The van der Waals surface area contributed by atoms with Gasteiger partial charge in [-0.2, -0.15) is 0 Å². The second-order valence-corrected chi connectivity index (χ2v) is 8.54. The molecule has 0 rings (SSSR count). The van der Waals surface area contributed by atoms with Gasteiger partial charge in [0.1, 0.15) is 5.60 Å². The predicted molar refractivity (Wildman–Crippen MR) is 115 cm³/mol. The maximum atomic E-state index is 11.7. The van der Waals surface area contributed by atoms with Crippen LogP contribution < -0.4 is 5.32 Å². The fourth-order valence-corrected chi connectivity index (χ4v) is 2.98. The number of hydrogen-bond donors (Lipinski definition) is 2. The van der Waals surface area contributed by atoms with E-state index in [0.29, 0.717) is 0 Å². The summed E-state index contributed by atoms with van der Waals surface area (Å²) in [7, 11) is 0. The monoisotopic (exact) mass is 383 g/mol. The smallest absolute Gasteiger partial charge is 0.408 e. The predicted octanol–water partition coefficient (Wildman–Crippen LogP) is 6.52. The summed E-state index contributed by atoms with van der Waals surface area (Å²) in [5.74, 6) is 0. The van der Waals surface area contributed by atoms with Crippen molar-refractivity contribution in [2.75, 3.05) is 6.61 Å². The van der Waals surface area contributed by atoms with Crippen molar-refractivity contribution < 1.29 is 14.6 Å². The lowest BCUT2D eigenvalue weighted by molar-refractivity contribution is 0.0498. The standard InChI is InChI=1S/C23H45NO3/c1-5-6-7-8-9-10-11-12-13-14-15-16-17-18-19-21(20-25)24-22(26)27-23(2,3)4/h18-19,21,25H,5-17,20H2,1-4H3,(H,24,26)/b19-18-/t21-/m1/s1. The molecular formula is C23H45NO3. The van der Waals surface area contributed by atoms with Crippen LogP contribution in [0, 0.1) is 0 Å². The van der Waals surface area contributed by atoms with Gasteiger partial charge in [0, 0.05) is 0 Å². The first kappa shape index (κ1) is 26.0. The Morgan fingerprint density at radius 3 is 1.85 bits per heavy atom. The fourth-order valence-electron chi connectivity index (χ4n) is 2.98. The van der Waals surface area contributed by atoms with Crippen LogP contribution in [0.15, 0.2) is 12.2 Å². The first-order valence-corrected chi connectivity index (χ1v) is 11.2. The van der Waals surface area contributed by atoms with E-state index in [1.54, 1.807) is 0 Å². The molecule has 2 N–H and O–H groups in total. The quantitative estimate of drug-likeness (QED) is 0.236. The number of ether oxygens (including phenoxy) is 1. The van der Waals surface area contributed by atoms with Crippen LogP contribution in [-0.4, -0.2) is 29.4 Å². The summed E-state index contributed by atoms with van der Waals surface area (Å²) in [6.45, 7) is 7.62. The highest BCUT2D eigenvalue weighted by molar-refractivity contribution is 5.68. The number of aliphatic hydroxyl groups excluding tert-OH is 1. The molecular weight excluding hydrogens is 338 g/mol. The average Bonchev–Trinajstić information content (AvgIpc) is 2.59. The Bertz CT molecular complexity index is 374. The van der Waals surface area contributed by atoms with Crippen molar-refractivity contribution in [2.45, 2.75) is 123 Å². The van der Waals surface area contributed by atoms with Gasteiger partial charge in [0.15, 0.2) is 0 Å². The zero-order chi connectivity index (χ0) is 20.4. The van der Waals surface area contributed by atoms with Crippen LogP contribution in [0.5, 0.6) is 0 Å². The van der Waals surface area contributed by atoms with Crippen LogP contribution in [0.3, 0.4) is 0 Å². The lowest BCUT2D eigenvalue weighted by Gasteiger charge is -2.21. The van der Waals surface area contributed by atoms with Gasteiger partial charge in [-0.3, -0.25) is 0 Å². The molecule has 0 spiro atoms. The molecule has 27 heavy (non-hydrogen) atoms. The molecule has 0 radical (unpaired) electrons. The highest BCUT2D eigenvalue weighted by atomic mass is 16.6. The van der Waals surface area contributed by atoms with Crippen LogP contribution in [0.25, 0.3) is 0 Å². The van der Waals surface area contributed by atoms with Gasteiger partial charge in [0.25, 0.3) is 0 Å². The molecule has 0 saturated heterocycles. The van der Waals surface area contributed by atoms with Crippen molar-refractivity contribution in [3.63, 3.8) is 0 Å². The lowest BCUT2D eigenvalue weighted by atomic mass is 10.0. The van der Waals surface area contributed by atoms with Crippen LogP contribution in [0.2, 0.25) is 0 Å². The first-order valence-electron chi connectivity index (χ1n) is 11.2. The summed E-state index contributed by atoms with van der Waals surface area (Å²) in [6, 6.07) is -0.378. The zero-order valence-corrected chi connectivity index (χ0v) is 18.4. The van der Waals surface area contributed by atoms with Gasteiger partial charge in [0.2, 0.25) is 0 Å². The molecule has 160 valence electrons. The molecule has 0 saturated carbocycles. The maximum absolute atomic E-state index is 11.7. The number of amides is 1. The molecule has 4 nitrogen and oxygen atoms in total. The van der Waals surface area contributed by atoms with E-state index in [9.17, 15) is 9.90 Å². The summed E-state index contributed by atoms with van der Waals surface area (Å²) in [6.07, 6.45) is 20.6. The van der Waals surface area contributed by atoms with Crippen LogP contribution in [-0.2, 0) is 4.74 Å². The molecule has 0 fully saturated rings. The van der Waals surface area contributed by atoms with E-state index in [1.807, 2.05) is 26.8 Å². The van der Waals surface area contributed by atoms with Crippen molar-refractivity contribution in [1.29, 1.82) is 0 Å². The first-order chi connectivity index (χ1) is 12.9. The van der Waals surface area contributed by atoms with E-state index in [0.717, 1.165) is 12.8 Å². The van der Waals surface area contributed by atoms with Gasteiger partial charge in [0.05, 0.1) is 12.6 Å². The van der Waals surface area contributed by atoms with E-state index in [4.69, 9.17) is 4.74 Å². The minimum absolute atomic E-state index is 0.117. The summed E-state index contributed by atoms with van der Waals surface area (Å²) in [4.78, 5) is 11.7. The Balaban J connectivity index is 3.55. The largest absolute Gasteiger partial charge is 0.444 e. The number of nitrogens with one attached hydrogen (secondary N) is 1. The minimum Gasteiger partial charge on any atom is -0.444 e. The number of aliphatic hydroxyl groups is 1. The molecule has 0 unspecified atom stereocenters. The summed E-state index contributed by atoms with van der Waals surface area (Å²) in [5, 5.41) is 12.0. The zero-order valence-electron chi connectivity index (χ0n) is 18.4. The van der Waals surface area contributed by atoms with Crippen molar-refractivity contribution in [3.05, 3.63) is 12.2 Å². The van der Waals surface area contributed by atoms with Crippen LogP contribution in [0.1, 0.15) is 111 Å². The minimum atomic E-state index is -0.525. The molecule has 0 heterocycles. The molecule has 0 aliphatic rings. The molecule has 0 aliphatic carbocycles. The fraction of sp³-hybridized carbons (Fsp3) is 0.870. The van der Waals surface area contributed by atoms with Crippen LogP contribution in [0.4, 0.5) is 4.79 Å². The number of unbranched alkanes of at least 4 members (excludes halogenated alkanes) is 12. The highest BCUT2D eigenvalue weighted by Gasteiger charge is 2.17. The SMILES string of the molecule is CCCCCCCCCCCCCC/C=C\[C@H](CO)NC(=O)OC(C)(C)C. The molecule has 0 aromatic rings. The molecule has 4 heteroatoms. The molecule has 0 aliphatic heterocycles. The second-order valence-electron chi connectivity index (χ2n) is 8.54. The Hall–Kier alpha value is -1.03. The second kappa shape index (κ2) is 17.1. The highest BCUT2D eigenvalue weighted by Crippen LogP contribution is 2.12. The molecule has 1 amide bonds. The number of hydrogen-bond acceptors (Lipinski definition) is 3. The van der Waals surface area contributed by atoms with Gasteiger partial charge >= 0.3 is 6.09 Å². The van der Waals surface area contributed by atoms with Crippen molar-refractivity contribution in [1.82, 2.24) is 5.32 Å². The summed E-state index contributed by atoms with van der Waals surface area (Å²) >= 11 is 0. The Kier molecular flexibility index (Phi) is 16.4. The molecule has 0 aromatic carbocycles. The van der Waals surface area contributed by atoms with E-state index in [1.165, 1.54) is 70.6 Å². The Labute approximate surface area is 168 Å². The van der Waals surface area contributed by atoms with Crippen molar-refractivity contribution in [2.24, 2.45) is 0 Å². The number of rotatable bonds is 16. The lowest BCUT2D eigenvalue weighted by Crippen LogP contribution is -2.39. The van der Waals surface area contributed by atoms with Crippen molar-refractivity contribution in [3.8, 4) is 0 Å². The number of carbonyl (C=O) groups is 1. The molecule has 0 bridgehead atoms. The number of alkyl carbamates (subject to hydrolysis) is 1. The third kappa shape index (κ3) is 19.5. The summed E-state index contributed by atoms with van der Waals surface area (Å²) in [5.41, 5.74) is -0.525. The Morgan fingerprint density at radius 2 is 1.41 bits per heavy atom. The number of allylic oxidation sites excluding steroid dienone is 1. The van der Waals surface area contributed by atoms with Crippen molar-refractivity contribution >= 4 is 6.09 Å². The van der Waals surface area contributed by atoms with E-state index in [2.05, 4.69) is 18.3 Å². The maximum Gasteiger partial charge on any atom is 0.408 e. The average molecular weight is 384 g/mol. The Morgan fingerprint density at radius 1 is 0.926 bits per heavy atom.